The maximum Gasteiger partial charge on any atom is 0.336 e. The molecule has 1 amide bonds. The highest BCUT2D eigenvalue weighted by atomic mass is 35.5. The Hall–Kier alpha value is -2.37. The zero-order valence-corrected chi connectivity index (χ0v) is 13.0. The Morgan fingerprint density at radius 1 is 1.09 bits per heavy atom. The summed E-state index contributed by atoms with van der Waals surface area (Å²) in [6.07, 6.45) is 1.42. The van der Waals surface area contributed by atoms with Gasteiger partial charge in [0.2, 0.25) is 0 Å². The van der Waals surface area contributed by atoms with Crippen LogP contribution in [0.2, 0.25) is 5.02 Å². The van der Waals surface area contributed by atoms with Crippen molar-refractivity contribution in [3.8, 4) is 0 Å². The predicted molar refractivity (Wildman–Crippen MR) is 88.2 cm³/mol. The van der Waals surface area contributed by atoms with E-state index in [1.807, 2.05) is 12.1 Å². The number of nitrogens with one attached hydrogen (secondary N) is 1. The molecule has 0 saturated heterocycles. The monoisotopic (exact) mass is 333 g/mol. The van der Waals surface area contributed by atoms with Crippen molar-refractivity contribution in [1.82, 2.24) is 0 Å². The van der Waals surface area contributed by atoms with Crippen molar-refractivity contribution >= 4 is 29.2 Å². The molecule has 0 aliphatic heterocycles. The van der Waals surface area contributed by atoms with Crippen LogP contribution in [0.25, 0.3) is 0 Å². The topological polar surface area (TPSA) is 86.6 Å². The zero-order valence-electron chi connectivity index (χ0n) is 12.3. The second-order valence-corrected chi connectivity index (χ2v) is 5.35. The number of halogens is 1. The summed E-state index contributed by atoms with van der Waals surface area (Å²) < 4.78 is 0. The first kappa shape index (κ1) is 17.0. The number of carboxylic acid groups (broad SMARTS) is 1. The molecule has 6 heteroatoms. The van der Waals surface area contributed by atoms with Crippen LogP contribution >= 0.6 is 11.6 Å². The van der Waals surface area contributed by atoms with Gasteiger partial charge in [-0.25, -0.2) is 4.79 Å². The van der Waals surface area contributed by atoms with Gasteiger partial charge in [0, 0.05) is 12.3 Å². The van der Waals surface area contributed by atoms with Gasteiger partial charge < -0.3 is 15.5 Å². The number of hydrogen-bond donors (Lipinski definition) is 3. The molecule has 2 aromatic carbocycles. The third kappa shape index (κ3) is 4.31. The average molecular weight is 334 g/mol. The Kier molecular flexibility index (Phi) is 5.73. The number of carbonyl (C=O) groups is 2. The van der Waals surface area contributed by atoms with E-state index >= 15 is 0 Å². The summed E-state index contributed by atoms with van der Waals surface area (Å²) >= 11 is 5.97. The Balaban J connectivity index is 2.18. The molecule has 2 aromatic rings. The first-order valence-corrected chi connectivity index (χ1v) is 7.43. The van der Waals surface area contributed by atoms with Crippen LogP contribution in [0.4, 0.5) is 5.69 Å². The van der Waals surface area contributed by atoms with Crippen LogP contribution in [-0.4, -0.2) is 28.7 Å². The molecular formula is C17H16ClNO4. The van der Waals surface area contributed by atoms with Crippen molar-refractivity contribution in [3.05, 3.63) is 64.2 Å². The minimum absolute atomic E-state index is 0.0639. The first-order valence-electron chi connectivity index (χ1n) is 7.06. The lowest BCUT2D eigenvalue weighted by Crippen LogP contribution is -2.17. The van der Waals surface area contributed by atoms with E-state index in [1.54, 1.807) is 12.1 Å². The molecule has 0 spiro atoms. The number of amides is 1. The van der Waals surface area contributed by atoms with Crippen LogP contribution < -0.4 is 5.32 Å². The van der Waals surface area contributed by atoms with Gasteiger partial charge in [-0.05, 0) is 42.7 Å². The molecule has 3 N–H and O–H groups in total. The summed E-state index contributed by atoms with van der Waals surface area (Å²) in [5.41, 5.74) is 1.38. The number of carbonyl (C=O) groups excluding carboxylic acids is 1. The van der Waals surface area contributed by atoms with Crippen LogP contribution in [0, 0.1) is 0 Å². The number of benzene rings is 2. The number of rotatable bonds is 6. The van der Waals surface area contributed by atoms with Crippen LogP contribution in [0.5, 0.6) is 0 Å². The molecule has 0 aromatic heterocycles. The van der Waals surface area contributed by atoms with Crippen molar-refractivity contribution in [2.24, 2.45) is 0 Å². The lowest BCUT2D eigenvalue weighted by atomic mass is 10.1. The fraction of sp³-hybridized carbons (Fsp3) is 0.176. The molecular weight excluding hydrogens is 318 g/mol. The Morgan fingerprint density at radius 2 is 1.78 bits per heavy atom. The third-order valence-corrected chi connectivity index (χ3v) is 3.62. The third-order valence-electron chi connectivity index (χ3n) is 3.31. The van der Waals surface area contributed by atoms with E-state index in [-0.39, 0.29) is 22.8 Å². The van der Waals surface area contributed by atoms with Crippen molar-refractivity contribution in [3.63, 3.8) is 0 Å². The van der Waals surface area contributed by atoms with Gasteiger partial charge >= 0.3 is 5.97 Å². The smallest absolute Gasteiger partial charge is 0.336 e. The molecule has 0 aliphatic carbocycles. The highest BCUT2D eigenvalue weighted by molar-refractivity contribution is 6.35. The van der Waals surface area contributed by atoms with E-state index in [2.05, 4.69) is 5.32 Å². The van der Waals surface area contributed by atoms with Crippen LogP contribution in [-0.2, 0) is 6.42 Å². The van der Waals surface area contributed by atoms with Gasteiger partial charge in [0.25, 0.3) is 5.91 Å². The van der Waals surface area contributed by atoms with E-state index in [0.717, 1.165) is 12.0 Å². The first-order chi connectivity index (χ1) is 11.0. The van der Waals surface area contributed by atoms with E-state index in [9.17, 15) is 9.59 Å². The standard InChI is InChI=1S/C17H16ClNO4/c18-14-5-1-4-13(17(22)23)15(14)16(21)19-12-8-6-11(7-9-12)3-2-10-20/h1,4-9,20H,2-3,10H2,(H,19,21)(H,22,23). The van der Waals surface area contributed by atoms with E-state index < -0.39 is 11.9 Å². The van der Waals surface area contributed by atoms with Crippen molar-refractivity contribution in [2.75, 3.05) is 11.9 Å². The molecule has 0 radical (unpaired) electrons. The fourth-order valence-corrected chi connectivity index (χ4v) is 2.43. The molecule has 23 heavy (non-hydrogen) atoms. The fourth-order valence-electron chi connectivity index (χ4n) is 2.16. The van der Waals surface area contributed by atoms with Crippen molar-refractivity contribution in [2.45, 2.75) is 12.8 Å². The molecule has 0 unspecified atom stereocenters. The highest BCUT2D eigenvalue weighted by Gasteiger charge is 2.19. The van der Waals surface area contributed by atoms with Crippen molar-refractivity contribution in [1.29, 1.82) is 0 Å². The molecule has 0 atom stereocenters. The lowest BCUT2D eigenvalue weighted by Gasteiger charge is -2.10. The molecule has 0 fully saturated rings. The molecule has 2 rings (SSSR count). The van der Waals surface area contributed by atoms with E-state index in [0.29, 0.717) is 12.1 Å². The Bertz CT molecular complexity index is 713. The highest BCUT2D eigenvalue weighted by Crippen LogP contribution is 2.22. The summed E-state index contributed by atoms with van der Waals surface area (Å²) in [5.74, 6) is -1.78. The minimum Gasteiger partial charge on any atom is -0.478 e. The maximum atomic E-state index is 12.3. The average Bonchev–Trinajstić information content (AvgIpc) is 2.53. The molecule has 0 saturated carbocycles. The van der Waals surface area contributed by atoms with Gasteiger partial charge in [-0.15, -0.1) is 0 Å². The normalized spacial score (nSPS) is 10.3. The number of aliphatic hydroxyl groups excluding tert-OH is 1. The number of anilines is 1. The van der Waals surface area contributed by atoms with Gasteiger partial charge in [0.15, 0.2) is 0 Å². The second kappa shape index (κ2) is 7.76. The molecule has 120 valence electrons. The van der Waals surface area contributed by atoms with E-state index in [4.69, 9.17) is 21.8 Å². The van der Waals surface area contributed by atoms with Crippen molar-refractivity contribution < 1.29 is 19.8 Å². The predicted octanol–water partition coefficient (Wildman–Crippen LogP) is 3.22. The SMILES string of the molecule is O=C(O)c1cccc(Cl)c1C(=O)Nc1ccc(CCCO)cc1. The molecule has 0 aliphatic rings. The van der Waals surface area contributed by atoms with Gasteiger partial charge in [0.05, 0.1) is 16.1 Å². The summed E-state index contributed by atoms with van der Waals surface area (Å²) in [5, 5.41) is 20.7. The second-order valence-electron chi connectivity index (χ2n) is 4.95. The molecule has 0 bridgehead atoms. The van der Waals surface area contributed by atoms with Crippen LogP contribution in [0.1, 0.15) is 32.7 Å². The number of hydrogen-bond acceptors (Lipinski definition) is 3. The Morgan fingerprint density at radius 3 is 2.39 bits per heavy atom. The van der Waals surface area contributed by atoms with Gasteiger partial charge in [0.1, 0.15) is 0 Å². The van der Waals surface area contributed by atoms with Gasteiger partial charge in [-0.2, -0.15) is 0 Å². The summed E-state index contributed by atoms with van der Waals surface area (Å²) in [4.78, 5) is 23.5. The summed E-state index contributed by atoms with van der Waals surface area (Å²) in [7, 11) is 0. The van der Waals surface area contributed by atoms with Crippen LogP contribution in [0.15, 0.2) is 42.5 Å². The summed E-state index contributed by atoms with van der Waals surface area (Å²) in [6.45, 7) is 0.128. The largest absolute Gasteiger partial charge is 0.478 e. The Labute approximate surface area is 138 Å². The van der Waals surface area contributed by atoms with Crippen LogP contribution in [0.3, 0.4) is 0 Å². The maximum absolute atomic E-state index is 12.3. The lowest BCUT2D eigenvalue weighted by molar-refractivity contribution is 0.0692. The van der Waals surface area contributed by atoms with Gasteiger partial charge in [-0.3, -0.25) is 4.79 Å². The number of carboxylic acids is 1. The number of aryl methyl sites for hydroxylation is 1. The van der Waals surface area contributed by atoms with E-state index in [1.165, 1.54) is 18.2 Å². The zero-order chi connectivity index (χ0) is 16.8. The summed E-state index contributed by atoms with van der Waals surface area (Å²) in [6, 6.07) is 11.4. The van der Waals surface area contributed by atoms with Gasteiger partial charge in [-0.1, -0.05) is 29.8 Å². The quantitative estimate of drug-likeness (QED) is 0.757. The minimum atomic E-state index is -1.21. The molecule has 0 heterocycles. The number of aliphatic hydroxyl groups is 1. The molecule has 5 nitrogen and oxygen atoms in total. The number of aromatic carboxylic acids is 1.